The van der Waals surface area contributed by atoms with Gasteiger partial charge in [-0.05, 0) is 44.0 Å². The molecule has 0 aliphatic carbocycles. The molecular formula is C13H18ClNO2. The van der Waals surface area contributed by atoms with Gasteiger partial charge in [0.2, 0.25) is 0 Å². The normalized spacial score (nSPS) is 16.9. The first-order valence-electron chi connectivity index (χ1n) is 5.89. The van der Waals surface area contributed by atoms with Crippen LogP contribution in [0.1, 0.15) is 24.3 Å². The number of benzene rings is 1. The van der Waals surface area contributed by atoms with Crippen molar-refractivity contribution in [2.75, 3.05) is 27.3 Å². The minimum Gasteiger partial charge on any atom is -0.496 e. The molecule has 0 radical (unpaired) electrons. The molecule has 0 atom stereocenters. The SMILES string of the molecule is COc1ccc(Cl)c(OC)c1C1CCNCC1. The van der Waals surface area contributed by atoms with Crippen molar-refractivity contribution in [1.82, 2.24) is 5.32 Å². The highest BCUT2D eigenvalue weighted by molar-refractivity contribution is 6.32. The van der Waals surface area contributed by atoms with E-state index in [1.807, 2.05) is 12.1 Å². The van der Waals surface area contributed by atoms with E-state index in [1.54, 1.807) is 14.2 Å². The maximum absolute atomic E-state index is 6.18. The van der Waals surface area contributed by atoms with E-state index in [2.05, 4.69) is 5.32 Å². The van der Waals surface area contributed by atoms with E-state index < -0.39 is 0 Å². The smallest absolute Gasteiger partial charge is 0.144 e. The first-order chi connectivity index (χ1) is 8.27. The maximum atomic E-state index is 6.18. The Labute approximate surface area is 107 Å². The predicted octanol–water partition coefficient (Wildman–Crippen LogP) is 2.82. The Morgan fingerprint density at radius 3 is 2.47 bits per heavy atom. The van der Waals surface area contributed by atoms with Crippen LogP contribution in [0.2, 0.25) is 5.02 Å². The van der Waals surface area contributed by atoms with Crippen molar-refractivity contribution in [3.63, 3.8) is 0 Å². The van der Waals surface area contributed by atoms with Gasteiger partial charge in [0.15, 0.2) is 0 Å². The molecule has 1 heterocycles. The van der Waals surface area contributed by atoms with Crippen LogP contribution >= 0.6 is 11.6 Å². The molecule has 17 heavy (non-hydrogen) atoms. The van der Waals surface area contributed by atoms with Gasteiger partial charge in [-0.15, -0.1) is 0 Å². The van der Waals surface area contributed by atoms with Crippen LogP contribution in [-0.2, 0) is 0 Å². The summed E-state index contributed by atoms with van der Waals surface area (Å²) in [6.45, 7) is 2.06. The second kappa shape index (κ2) is 5.61. The minimum atomic E-state index is 0.458. The summed E-state index contributed by atoms with van der Waals surface area (Å²) in [5.74, 6) is 2.09. The van der Waals surface area contributed by atoms with Crippen molar-refractivity contribution in [2.45, 2.75) is 18.8 Å². The van der Waals surface area contributed by atoms with Crippen molar-refractivity contribution in [3.8, 4) is 11.5 Å². The summed E-state index contributed by atoms with van der Waals surface area (Å²) in [5, 5.41) is 4.01. The Morgan fingerprint density at radius 2 is 1.88 bits per heavy atom. The van der Waals surface area contributed by atoms with E-state index in [-0.39, 0.29) is 0 Å². The molecule has 1 N–H and O–H groups in total. The third-order valence-electron chi connectivity index (χ3n) is 3.28. The Hall–Kier alpha value is -0.930. The molecule has 0 amide bonds. The fraction of sp³-hybridized carbons (Fsp3) is 0.538. The lowest BCUT2D eigenvalue weighted by atomic mass is 9.89. The third-order valence-corrected chi connectivity index (χ3v) is 3.58. The second-order valence-electron chi connectivity index (χ2n) is 4.22. The van der Waals surface area contributed by atoms with E-state index in [4.69, 9.17) is 21.1 Å². The number of hydrogen-bond donors (Lipinski definition) is 1. The van der Waals surface area contributed by atoms with Crippen molar-refractivity contribution in [2.24, 2.45) is 0 Å². The standard InChI is InChI=1S/C13H18ClNO2/c1-16-11-4-3-10(14)13(17-2)12(11)9-5-7-15-8-6-9/h3-4,9,15H,5-8H2,1-2H3. The zero-order valence-electron chi connectivity index (χ0n) is 10.3. The third kappa shape index (κ3) is 2.50. The number of piperidine rings is 1. The van der Waals surface area contributed by atoms with Gasteiger partial charge in [0.1, 0.15) is 11.5 Å². The first-order valence-corrected chi connectivity index (χ1v) is 6.26. The highest BCUT2D eigenvalue weighted by Crippen LogP contribution is 2.43. The molecule has 1 aromatic rings. The lowest BCUT2D eigenvalue weighted by molar-refractivity contribution is 0.364. The molecule has 1 saturated heterocycles. The fourth-order valence-corrected chi connectivity index (χ4v) is 2.68. The average Bonchev–Trinajstić information content (AvgIpc) is 2.39. The van der Waals surface area contributed by atoms with Crippen LogP contribution in [0.15, 0.2) is 12.1 Å². The van der Waals surface area contributed by atoms with E-state index in [0.717, 1.165) is 43.0 Å². The highest BCUT2D eigenvalue weighted by atomic mass is 35.5. The molecule has 0 spiro atoms. The molecule has 94 valence electrons. The van der Waals surface area contributed by atoms with E-state index in [0.29, 0.717) is 10.9 Å². The van der Waals surface area contributed by atoms with E-state index in [9.17, 15) is 0 Å². The summed E-state index contributed by atoms with van der Waals surface area (Å²) in [7, 11) is 3.35. The predicted molar refractivity (Wildman–Crippen MR) is 69.4 cm³/mol. The van der Waals surface area contributed by atoms with Gasteiger partial charge in [0, 0.05) is 5.56 Å². The van der Waals surface area contributed by atoms with Gasteiger partial charge in [0.25, 0.3) is 0 Å². The quantitative estimate of drug-likeness (QED) is 0.901. The largest absolute Gasteiger partial charge is 0.496 e. The summed E-state index contributed by atoms with van der Waals surface area (Å²) in [5.41, 5.74) is 1.11. The van der Waals surface area contributed by atoms with Gasteiger partial charge in [-0.3, -0.25) is 0 Å². The van der Waals surface area contributed by atoms with Crippen molar-refractivity contribution in [3.05, 3.63) is 22.7 Å². The van der Waals surface area contributed by atoms with Crippen LogP contribution in [0.4, 0.5) is 0 Å². The zero-order valence-corrected chi connectivity index (χ0v) is 11.0. The fourth-order valence-electron chi connectivity index (χ4n) is 2.44. The van der Waals surface area contributed by atoms with Crippen molar-refractivity contribution in [1.29, 1.82) is 0 Å². The summed E-state index contributed by atoms with van der Waals surface area (Å²) in [6.07, 6.45) is 2.18. The molecule has 2 rings (SSSR count). The van der Waals surface area contributed by atoms with Crippen LogP contribution in [0.3, 0.4) is 0 Å². The van der Waals surface area contributed by atoms with E-state index in [1.165, 1.54) is 0 Å². The van der Waals surface area contributed by atoms with Crippen LogP contribution in [-0.4, -0.2) is 27.3 Å². The van der Waals surface area contributed by atoms with Gasteiger partial charge in [-0.25, -0.2) is 0 Å². The number of halogens is 1. The maximum Gasteiger partial charge on any atom is 0.144 e. The topological polar surface area (TPSA) is 30.5 Å². The molecule has 4 heteroatoms. The number of methoxy groups -OCH3 is 2. The minimum absolute atomic E-state index is 0.458. The van der Waals surface area contributed by atoms with Gasteiger partial charge in [-0.1, -0.05) is 11.6 Å². The number of rotatable bonds is 3. The molecule has 0 unspecified atom stereocenters. The number of ether oxygens (including phenoxy) is 2. The lowest BCUT2D eigenvalue weighted by Crippen LogP contribution is -2.27. The van der Waals surface area contributed by atoms with Crippen molar-refractivity contribution < 1.29 is 9.47 Å². The Balaban J connectivity index is 2.43. The lowest BCUT2D eigenvalue weighted by Gasteiger charge is -2.26. The molecule has 0 aromatic heterocycles. The summed E-state index contributed by atoms with van der Waals surface area (Å²) in [6, 6.07) is 3.74. The van der Waals surface area contributed by atoms with Gasteiger partial charge in [0.05, 0.1) is 19.2 Å². The monoisotopic (exact) mass is 255 g/mol. The number of nitrogens with one attached hydrogen (secondary N) is 1. The molecule has 3 nitrogen and oxygen atoms in total. The summed E-state index contributed by atoms with van der Waals surface area (Å²) < 4.78 is 10.9. The Kier molecular flexibility index (Phi) is 4.13. The second-order valence-corrected chi connectivity index (χ2v) is 4.63. The molecule has 0 saturated carbocycles. The average molecular weight is 256 g/mol. The van der Waals surface area contributed by atoms with Crippen LogP contribution in [0, 0.1) is 0 Å². The molecule has 1 aromatic carbocycles. The summed E-state index contributed by atoms with van der Waals surface area (Å²) in [4.78, 5) is 0. The molecule has 0 bridgehead atoms. The Morgan fingerprint density at radius 1 is 1.18 bits per heavy atom. The first kappa shape index (κ1) is 12.5. The Bertz CT molecular complexity index is 389. The molecular weight excluding hydrogens is 238 g/mol. The van der Waals surface area contributed by atoms with Gasteiger partial charge in [-0.2, -0.15) is 0 Å². The molecule has 1 aliphatic heterocycles. The van der Waals surface area contributed by atoms with Gasteiger partial charge >= 0.3 is 0 Å². The molecule has 1 fully saturated rings. The van der Waals surface area contributed by atoms with Crippen LogP contribution in [0.5, 0.6) is 11.5 Å². The van der Waals surface area contributed by atoms with E-state index >= 15 is 0 Å². The zero-order chi connectivity index (χ0) is 12.3. The summed E-state index contributed by atoms with van der Waals surface area (Å²) >= 11 is 6.18. The van der Waals surface area contributed by atoms with Crippen molar-refractivity contribution >= 4 is 11.6 Å². The van der Waals surface area contributed by atoms with Crippen LogP contribution < -0.4 is 14.8 Å². The van der Waals surface area contributed by atoms with Crippen LogP contribution in [0.25, 0.3) is 0 Å². The molecule has 1 aliphatic rings. The highest BCUT2D eigenvalue weighted by Gasteiger charge is 2.24. The van der Waals surface area contributed by atoms with Gasteiger partial charge < -0.3 is 14.8 Å². The number of hydrogen-bond acceptors (Lipinski definition) is 3.